The fraction of sp³-hybridized carbons (Fsp3) is 0.500. The van der Waals surface area contributed by atoms with E-state index in [-0.39, 0.29) is 5.41 Å². The van der Waals surface area contributed by atoms with E-state index in [1.54, 1.807) is 0 Å². The van der Waals surface area contributed by atoms with Gasteiger partial charge in [0.15, 0.2) is 0 Å². The molecule has 15 heavy (non-hydrogen) atoms. The maximum atomic E-state index is 12.0. The average molecular weight is 243 g/mol. The Hall–Kier alpha value is -0.260. The van der Waals surface area contributed by atoms with Crippen molar-refractivity contribution in [2.75, 3.05) is 19.0 Å². The van der Waals surface area contributed by atoms with E-state index < -0.39 is 7.14 Å². The normalized spacial score (nSPS) is 35.7. The smallest absolute Gasteiger partial charge is 0.0857 e. The quantitative estimate of drug-likeness (QED) is 0.681. The molecule has 0 aliphatic carbocycles. The molecule has 1 nitrogen and oxygen atoms in total. The van der Waals surface area contributed by atoms with Crippen molar-refractivity contribution in [1.29, 1.82) is 0 Å². The summed E-state index contributed by atoms with van der Waals surface area (Å²) in [5.74, 6) is 0. The van der Waals surface area contributed by atoms with Gasteiger partial charge in [0.1, 0.15) is 0 Å². The van der Waals surface area contributed by atoms with Crippen molar-refractivity contribution < 1.29 is 4.57 Å². The SMILES string of the molecule is C[C@@]1(c2ccc(Cl)cc2)CC[P@@](C)(=O)C1. The van der Waals surface area contributed by atoms with Crippen LogP contribution in [0.3, 0.4) is 0 Å². The minimum absolute atomic E-state index is 0.0921. The summed E-state index contributed by atoms with van der Waals surface area (Å²) in [5.41, 5.74) is 1.36. The zero-order valence-electron chi connectivity index (χ0n) is 9.16. The molecule has 0 amide bonds. The molecule has 0 N–H and O–H groups in total. The molecule has 1 aromatic rings. The molecular formula is C12H16ClOP. The topological polar surface area (TPSA) is 17.1 Å². The fourth-order valence-electron chi connectivity index (χ4n) is 2.47. The summed E-state index contributed by atoms with van der Waals surface area (Å²) < 4.78 is 12.0. The Bertz CT molecular complexity index is 412. The van der Waals surface area contributed by atoms with Crippen molar-refractivity contribution in [2.24, 2.45) is 0 Å². The van der Waals surface area contributed by atoms with Gasteiger partial charge in [0.05, 0.1) is 7.14 Å². The van der Waals surface area contributed by atoms with Gasteiger partial charge in [0.2, 0.25) is 0 Å². The number of rotatable bonds is 1. The van der Waals surface area contributed by atoms with E-state index in [2.05, 4.69) is 19.1 Å². The van der Waals surface area contributed by atoms with E-state index in [0.29, 0.717) is 0 Å². The number of hydrogen-bond donors (Lipinski definition) is 0. The lowest BCUT2D eigenvalue weighted by Gasteiger charge is -2.24. The minimum atomic E-state index is -1.88. The Morgan fingerprint density at radius 3 is 2.40 bits per heavy atom. The summed E-state index contributed by atoms with van der Waals surface area (Å²) in [7, 11) is -1.88. The van der Waals surface area contributed by atoms with Crippen LogP contribution in [0.1, 0.15) is 18.9 Å². The highest BCUT2D eigenvalue weighted by atomic mass is 35.5. The van der Waals surface area contributed by atoms with Gasteiger partial charge in [-0.25, -0.2) is 0 Å². The van der Waals surface area contributed by atoms with Crippen molar-refractivity contribution in [3.8, 4) is 0 Å². The van der Waals surface area contributed by atoms with Crippen LogP contribution >= 0.6 is 18.7 Å². The molecule has 0 radical (unpaired) electrons. The molecule has 82 valence electrons. The standard InChI is InChI=1S/C12H16ClOP/c1-12(7-8-15(2,14)9-12)10-3-5-11(13)6-4-10/h3-6H,7-9H2,1-2H3/t12-,15-/m1/s1. The van der Waals surface area contributed by atoms with Crippen LogP contribution in [-0.2, 0) is 9.98 Å². The molecule has 1 fully saturated rings. The third-order valence-corrected chi connectivity index (χ3v) is 6.15. The van der Waals surface area contributed by atoms with E-state index in [4.69, 9.17) is 11.6 Å². The van der Waals surface area contributed by atoms with Gasteiger partial charge in [-0.05, 0) is 36.2 Å². The molecule has 0 unspecified atom stereocenters. The lowest BCUT2D eigenvalue weighted by Crippen LogP contribution is -2.20. The second-order valence-corrected chi connectivity index (χ2v) is 8.79. The summed E-state index contributed by atoms with van der Waals surface area (Å²) in [6.07, 6.45) is 2.75. The molecule has 3 heteroatoms. The highest BCUT2D eigenvalue weighted by molar-refractivity contribution is 7.63. The largest absolute Gasteiger partial charge is 0.324 e. The molecule has 2 rings (SSSR count). The van der Waals surface area contributed by atoms with Gasteiger partial charge < -0.3 is 4.57 Å². The van der Waals surface area contributed by atoms with Crippen molar-refractivity contribution in [2.45, 2.75) is 18.8 Å². The minimum Gasteiger partial charge on any atom is -0.324 e. The van der Waals surface area contributed by atoms with Crippen LogP contribution in [0, 0.1) is 0 Å². The Morgan fingerprint density at radius 2 is 1.93 bits per heavy atom. The molecule has 1 aliphatic rings. The molecule has 0 spiro atoms. The lowest BCUT2D eigenvalue weighted by molar-refractivity contribution is 0.536. The third kappa shape index (κ3) is 2.29. The van der Waals surface area contributed by atoms with E-state index in [0.717, 1.165) is 23.8 Å². The van der Waals surface area contributed by atoms with Crippen LogP contribution in [-0.4, -0.2) is 19.0 Å². The predicted octanol–water partition coefficient (Wildman–Crippen LogP) is 3.99. The van der Waals surface area contributed by atoms with E-state index in [1.807, 2.05) is 18.8 Å². The first-order valence-corrected chi connectivity index (χ1v) is 8.13. The van der Waals surface area contributed by atoms with Crippen molar-refractivity contribution in [3.63, 3.8) is 0 Å². The number of hydrogen-bond acceptors (Lipinski definition) is 1. The molecule has 1 aliphatic heterocycles. The molecule has 1 heterocycles. The zero-order valence-corrected chi connectivity index (χ0v) is 10.8. The van der Waals surface area contributed by atoms with Crippen molar-refractivity contribution in [1.82, 2.24) is 0 Å². The second-order valence-electron chi connectivity index (χ2n) is 5.00. The van der Waals surface area contributed by atoms with Gasteiger partial charge in [0.25, 0.3) is 0 Å². The Balaban J connectivity index is 2.31. The van der Waals surface area contributed by atoms with Gasteiger partial charge in [-0.1, -0.05) is 30.7 Å². The first kappa shape index (κ1) is 11.2. The van der Waals surface area contributed by atoms with Crippen molar-refractivity contribution >= 4 is 18.7 Å². The number of benzene rings is 1. The lowest BCUT2D eigenvalue weighted by atomic mass is 9.82. The summed E-state index contributed by atoms with van der Waals surface area (Å²) in [5, 5.41) is 0.764. The first-order chi connectivity index (χ1) is 6.91. The van der Waals surface area contributed by atoms with E-state index in [9.17, 15) is 4.57 Å². The van der Waals surface area contributed by atoms with Crippen LogP contribution in [0.25, 0.3) is 0 Å². The second kappa shape index (κ2) is 3.64. The monoisotopic (exact) mass is 242 g/mol. The fourth-order valence-corrected chi connectivity index (χ4v) is 5.54. The molecular weight excluding hydrogens is 227 g/mol. The van der Waals surface area contributed by atoms with E-state index in [1.165, 1.54) is 5.56 Å². The maximum absolute atomic E-state index is 12.0. The highest BCUT2D eigenvalue weighted by Crippen LogP contribution is 2.56. The summed E-state index contributed by atoms with van der Waals surface area (Å²) >= 11 is 5.87. The molecule has 0 bridgehead atoms. The Morgan fingerprint density at radius 1 is 1.33 bits per heavy atom. The highest BCUT2D eigenvalue weighted by Gasteiger charge is 2.40. The van der Waals surface area contributed by atoms with Crippen LogP contribution in [0.2, 0.25) is 5.02 Å². The zero-order chi connectivity index (χ0) is 11.1. The molecule has 0 aromatic heterocycles. The third-order valence-electron chi connectivity index (χ3n) is 3.36. The molecule has 0 saturated carbocycles. The molecule has 2 atom stereocenters. The first-order valence-electron chi connectivity index (χ1n) is 5.23. The summed E-state index contributed by atoms with van der Waals surface area (Å²) in [6.45, 7) is 4.13. The molecule has 1 saturated heterocycles. The predicted molar refractivity (Wildman–Crippen MR) is 66.7 cm³/mol. The van der Waals surface area contributed by atoms with Gasteiger partial charge in [0, 0.05) is 17.3 Å². The van der Waals surface area contributed by atoms with E-state index >= 15 is 0 Å². The average Bonchev–Trinajstić information content (AvgIpc) is 2.43. The van der Waals surface area contributed by atoms with Crippen LogP contribution in [0.5, 0.6) is 0 Å². The van der Waals surface area contributed by atoms with Crippen LogP contribution in [0.15, 0.2) is 24.3 Å². The van der Waals surface area contributed by atoms with Gasteiger partial charge >= 0.3 is 0 Å². The van der Waals surface area contributed by atoms with Gasteiger partial charge in [-0.15, -0.1) is 0 Å². The Kier molecular flexibility index (Phi) is 2.73. The Labute approximate surface area is 96.2 Å². The molecule has 1 aromatic carbocycles. The van der Waals surface area contributed by atoms with Gasteiger partial charge in [-0.3, -0.25) is 0 Å². The van der Waals surface area contributed by atoms with Crippen LogP contribution < -0.4 is 0 Å². The van der Waals surface area contributed by atoms with Gasteiger partial charge in [-0.2, -0.15) is 0 Å². The summed E-state index contributed by atoms with van der Waals surface area (Å²) in [4.78, 5) is 0. The number of halogens is 1. The van der Waals surface area contributed by atoms with Crippen molar-refractivity contribution in [3.05, 3.63) is 34.9 Å². The summed E-state index contributed by atoms with van der Waals surface area (Å²) in [6, 6.07) is 7.96. The maximum Gasteiger partial charge on any atom is 0.0857 e. The van der Waals surface area contributed by atoms with Crippen LogP contribution in [0.4, 0.5) is 0 Å².